The first-order valence-corrected chi connectivity index (χ1v) is 11.9. The molecule has 0 bridgehead atoms. The molecule has 2 aromatic rings. The minimum atomic E-state index is -1.06. The lowest BCUT2D eigenvalue weighted by Gasteiger charge is -2.38. The molecule has 0 spiro atoms. The summed E-state index contributed by atoms with van der Waals surface area (Å²) in [6.07, 6.45) is 0.480. The molecule has 0 unspecified atom stereocenters. The fraction of sp³-hybridized carbons (Fsp3) is 0.423. The van der Waals surface area contributed by atoms with Crippen molar-refractivity contribution in [1.29, 1.82) is 0 Å². The van der Waals surface area contributed by atoms with E-state index in [1.807, 2.05) is 19.9 Å². The molecule has 0 aromatic heterocycles. The molecule has 3 rings (SSSR count). The minimum Gasteiger partial charge on any atom is -0.496 e. The molecule has 0 amide bonds. The third-order valence-electron chi connectivity index (χ3n) is 6.59. The first kappa shape index (κ1) is 27.8. The summed E-state index contributed by atoms with van der Waals surface area (Å²) in [7, 11) is 2.91. The van der Waals surface area contributed by atoms with Crippen LogP contribution < -0.4 is 37.1 Å². The Morgan fingerprint density at radius 1 is 1.14 bits per heavy atom. The van der Waals surface area contributed by atoms with E-state index in [-0.39, 0.29) is 36.0 Å². The van der Waals surface area contributed by atoms with E-state index < -0.39 is 17.4 Å². The molecular weight excluding hydrogens is 478 g/mol. The van der Waals surface area contributed by atoms with Gasteiger partial charge in [0, 0.05) is 35.2 Å². The van der Waals surface area contributed by atoms with E-state index in [2.05, 4.69) is 4.99 Å². The summed E-state index contributed by atoms with van der Waals surface area (Å²) in [5.74, 6) is -0.250. The third-order valence-corrected chi connectivity index (χ3v) is 6.59. The van der Waals surface area contributed by atoms with E-state index in [1.54, 1.807) is 12.1 Å². The number of carbonyl (C=O) groups excluding carboxylic acids is 1. The number of nitrogens with two attached hydrogens (primary N) is 4. The first-order valence-electron chi connectivity index (χ1n) is 11.9. The van der Waals surface area contributed by atoms with Crippen LogP contribution in [0.15, 0.2) is 23.2 Å². The van der Waals surface area contributed by atoms with E-state index in [0.29, 0.717) is 42.2 Å². The van der Waals surface area contributed by atoms with Gasteiger partial charge in [0.25, 0.3) is 0 Å². The van der Waals surface area contributed by atoms with E-state index in [0.717, 1.165) is 16.7 Å². The number of methoxy groups -OCH3 is 2. The quantitative estimate of drug-likeness (QED) is 0.128. The van der Waals surface area contributed by atoms with Crippen LogP contribution in [0.5, 0.6) is 23.0 Å². The van der Waals surface area contributed by atoms with Gasteiger partial charge in [0.1, 0.15) is 28.6 Å². The number of carbonyl (C=O) groups is 2. The van der Waals surface area contributed by atoms with Crippen molar-refractivity contribution < 1.29 is 28.9 Å². The maximum absolute atomic E-state index is 13.6. The molecule has 0 saturated heterocycles. The molecule has 1 atom stereocenters. The molecule has 2 aromatic carbocycles. The third kappa shape index (κ3) is 5.32. The number of benzene rings is 2. The molecule has 1 heterocycles. The first-order chi connectivity index (χ1) is 17.5. The number of hydrogen-bond donors (Lipinski definition) is 5. The Hall–Kier alpha value is -3.83. The number of fused-ring (bicyclic) bond motifs is 2. The Kier molecular flexibility index (Phi) is 8.29. The van der Waals surface area contributed by atoms with Crippen LogP contribution in [0, 0.1) is 0 Å². The molecule has 0 fully saturated rings. The van der Waals surface area contributed by atoms with Crippen LogP contribution in [-0.4, -0.2) is 49.6 Å². The zero-order valence-corrected chi connectivity index (χ0v) is 21.6. The van der Waals surface area contributed by atoms with E-state index in [9.17, 15) is 14.7 Å². The molecule has 200 valence electrons. The molecule has 11 nitrogen and oxygen atoms in total. The topological polar surface area (TPSA) is 199 Å². The summed E-state index contributed by atoms with van der Waals surface area (Å²) < 4.78 is 17.5. The van der Waals surface area contributed by atoms with Crippen molar-refractivity contribution in [3.63, 3.8) is 0 Å². The van der Waals surface area contributed by atoms with Gasteiger partial charge in [-0.3, -0.25) is 14.6 Å². The summed E-state index contributed by atoms with van der Waals surface area (Å²) in [5.41, 5.74) is 25.2. The molecule has 1 aliphatic rings. The number of hydrogen-bond acceptors (Lipinski definition) is 8. The van der Waals surface area contributed by atoms with Gasteiger partial charge >= 0.3 is 5.97 Å². The lowest BCUT2D eigenvalue weighted by atomic mass is 9.72. The maximum Gasteiger partial charge on any atom is 0.308 e. The Balaban J connectivity index is 2.20. The number of nitrogens with zero attached hydrogens (tertiary/aromatic N) is 1. The maximum atomic E-state index is 13.6. The van der Waals surface area contributed by atoms with Gasteiger partial charge in [-0.25, -0.2) is 0 Å². The molecule has 9 N–H and O–H groups in total. The van der Waals surface area contributed by atoms with Crippen molar-refractivity contribution in [2.45, 2.75) is 51.1 Å². The highest BCUT2D eigenvalue weighted by Crippen LogP contribution is 2.55. The monoisotopic (exact) mass is 513 g/mol. The molecule has 1 aliphatic heterocycles. The average molecular weight is 514 g/mol. The van der Waals surface area contributed by atoms with E-state index >= 15 is 0 Å². The van der Waals surface area contributed by atoms with Crippen LogP contribution in [0.1, 0.15) is 59.3 Å². The minimum absolute atomic E-state index is 0.0302. The largest absolute Gasteiger partial charge is 0.496 e. The fourth-order valence-electron chi connectivity index (χ4n) is 4.82. The lowest BCUT2D eigenvalue weighted by Crippen LogP contribution is -2.33. The average Bonchev–Trinajstić information content (AvgIpc) is 2.85. The van der Waals surface area contributed by atoms with Gasteiger partial charge in [0.2, 0.25) is 0 Å². The van der Waals surface area contributed by atoms with Crippen LogP contribution in [-0.2, 0) is 23.2 Å². The molecule has 0 aliphatic carbocycles. The number of carboxylic acids is 1. The fourth-order valence-corrected chi connectivity index (χ4v) is 4.82. The van der Waals surface area contributed by atoms with Crippen molar-refractivity contribution in [1.82, 2.24) is 0 Å². The van der Waals surface area contributed by atoms with Gasteiger partial charge in [-0.1, -0.05) is 19.9 Å². The summed E-state index contributed by atoms with van der Waals surface area (Å²) in [6.45, 7) is 4.46. The molecule has 0 radical (unpaired) electrons. The normalized spacial score (nSPS) is 14.0. The number of rotatable bonds is 11. The second-order valence-electron chi connectivity index (χ2n) is 9.36. The Bertz CT molecular complexity index is 1240. The van der Waals surface area contributed by atoms with Crippen molar-refractivity contribution in [3.8, 4) is 23.0 Å². The Morgan fingerprint density at radius 2 is 1.81 bits per heavy atom. The summed E-state index contributed by atoms with van der Waals surface area (Å²) in [5, 5.41) is 9.62. The predicted octanol–water partition coefficient (Wildman–Crippen LogP) is 1.78. The van der Waals surface area contributed by atoms with Crippen LogP contribution >= 0.6 is 0 Å². The van der Waals surface area contributed by atoms with Gasteiger partial charge < -0.3 is 42.3 Å². The second-order valence-corrected chi connectivity index (χ2v) is 9.36. The number of guanidine groups is 1. The Labute approximate surface area is 215 Å². The van der Waals surface area contributed by atoms with Crippen LogP contribution in [0.2, 0.25) is 0 Å². The lowest BCUT2D eigenvalue weighted by molar-refractivity contribution is -0.136. The highest BCUT2D eigenvalue weighted by molar-refractivity contribution is 6.05. The Morgan fingerprint density at radius 3 is 2.38 bits per heavy atom. The number of Topliss-reactive ketones (excluding diaryl/α,β-unsaturated/α-hetero) is 1. The molecule has 11 heteroatoms. The smallest absolute Gasteiger partial charge is 0.308 e. The molecule has 37 heavy (non-hydrogen) atoms. The number of carboxylic acid groups (broad SMARTS) is 1. The van der Waals surface area contributed by atoms with Gasteiger partial charge in [-0.05, 0) is 30.5 Å². The van der Waals surface area contributed by atoms with Crippen LogP contribution in [0.25, 0.3) is 0 Å². The summed E-state index contributed by atoms with van der Waals surface area (Å²) >= 11 is 0. The van der Waals surface area contributed by atoms with E-state index in [1.165, 1.54) is 14.2 Å². The number of ether oxygens (including phenoxy) is 3. The van der Waals surface area contributed by atoms with Gasteiger partial charge in [0.05, 0.1) is 26.7 Å². The van der Waals surface area contributed by atoms with Crippen molar-refractivity contribution in [3.05, 3.63) is 46.0 Å². The molecular formula is C26H35N5O6. The summed E-state index contributed by atoms with van der Waals surface area (Å²) in [6, 6.07) is 4.42. The SMILES string of the molecule is COc1cc(CN)c2c(c1CC(=O)O)Oc1c(ccc(OC)c1C(=O)[C@@H](N)CCCN=C(N)N)C2(C)C. The number of aliphatic carboxylic acids is 1. The van der Waals surface area contributed by atoms with Crippen molar-refractivity contribution in [2.75, 3.05) is 20.8 Å². The standard InChI is InChI=1S/C26H35N5O6/c1-26(2)15-7-8-17(35-3)20(22(34)16(28)6-5-9-31-25(29)30)24(15)37-23-14(11-19(32)33)18(36-4)10-13(12-27)21(23)26/h7-8,10,16H,5-6,9,11-12,27-28H2,1-4H3,(H,32,33)(H4,29,30,31)/t16-/m0/s1. The zero-order valence-electron chi connectivity index (χ0n) is 21.6. The second kappa shape index (κ2) is 11.1. The zero-order chi connectivity index (χ0) is 27.5. The van der Waals surface area contributed by atoms with Crippen molar-refractivity contribution in [2.24, 2.45) is 27.9 Å². The summed E-state index contributed by atoms with van der Waals surface area (Å²) in [4.78, 5) is 29.3. The van der Waals surface area contributed by atoms with Gasteiger partial charge in [0.15, 0.2) is 11.7 Å². The van der Waals surface area contributed by atoms with Crippen LogP contribution in [0.3, 0.4) is 0 Å². The van der Waals surface area contributed by atoms with Gasteiger partial charge in [-0.15, -0.1) is 0 Å². The van der Waals surface area contributed by atoms with Crippen molar-refractivity contribution >= 4 is 17.7 Å². The van der Waals surface area contributed by atoms with Gasteiger partial charge in [-0.2, -0.15) is 0 Å². The number of ketones is 1. The van der Waals surface area contributed by atoms with Crippen LogP contribution in [0.4, 0.5) is 0 Å². The number of aliphatic imine (C=N–C) groups is 1. The highest BCUT2D eigenvalue weighted by Gasteiger charge is 2.42. The molecule has 0 saturated carbocycles. The highest BCUT2D eigenvalue weighted by atomic mass is 16.5. The van der Waals surface area contributed by atoms with E-state index in [4.69, 9.17) is 37.1 Å². The predicted molar refractivity (Wildman–Crippen MR) is 140 cm³/mol.